The first kappa shape index (κ1) is 31.2. The number of benzene rings is 1. The fourth-order valence-electron chi connectivity index (χ4n) is 6.31. The van der Waals surface area contributed by atoms with E-state index in [2.05, 4.69) is 22.6 Å². The van der Waals surface area contributed by atoms with Crippen molar-refractivity contribution in [2.75, 3.05) is 33.2 Å². The van der Waals surface area contributed by atoms with Crippen molar-refractivity contribution in [1.82, 2.24) is 25.3 Å². The summed E-state index contributed by atoms with van der Waals surface area (Å²) in [5.74, 6) is -1.16. The van der Waals surface area contributed by atoms with Gasteiger partial charge in [0.05, 0.1) is 5.56 Å². The van der Waals surface area contributed by atoms with Gasteiger partial charge in [-0.05, 0) is 82.9 Å². The molecule has 1 aromatic carbocycles. The highest BCUT2D eigenvalue weighted by Crippen LogP contribution is 2.37. The second-order valence-electron chi connectivity index (χ2n) is 13.5. The Morgan fingerprint density at radius 1 is 1.07 bits per heavy atom. The SMILES string of the molecule is CC(C)C[C@@H](NC(=O)c1ccccc1O[C@H](F)C(=O)NC1(C)CC1)C(=O)N1CCC[C@@H]1C(=O)N1CCN(C)[C@@H](C2CC2)C1. The van der Waals surface area contributed by atoms with E-state index in [4.69, 9.17) is 4.74 Å². The maximum atomic E-state index is 14.8. The number of hydrogen-bond donors (Lipinski definition) is 2. The number of ether oxygens (including phenoxy) is 1. The van der Waals surface area contributed by atoms with Crippen molar-refractivity contribution >= 4 is 23.6 Å². The van der Waals surface area contributed by atoms with Gasteiger partial charge in [0.2, 0.25) is 11.8 Å². The molecule has 4 amide bonds. The molecule has 11 heteroatoms. The molecule has 236 valence electrons. The first-order chi connectivity index (χ1) is 20.5. The molecule has 0 spiro atoms. The van der Waals surface area contributed by atoms with Crippen LogP contribution in [-0.4, -0.2) is 102 Å². The van der Waals surface area contributed by atoms with E-state index in [9.17, 15) is 23.6 Å². The zero-order valence-electron chi connectivity index (χ0n) is 25.8. The Morgan fingerprint density at radius 2 is 1.79 bits per heavy atom. The minimum atomic E-state index is -2.29. The number of piperazine rings is 1. The zero-order valence-corrected chi connectivity index (χ0v) is 25.8. The number of alkyl halides is 1. The van der Waals surface area contributed by atoms with Gasteiger partial charge in [0.1, 0.15) is 17.8 Å². The topological polar surface area (TPSA) is 111 Å². The average Bonchev–Trinajstić information content (AvgIpc) is 3.89. The number of amides is 4. The van der Waals surface area contributed by atoms with Crippen molar-refractivity contribution in [3.05, 3.63) is 29.8 Å². The first-order valence-corrected chi connectivity index (χ1v) is 15.8. The first-order valence-electron chi connectivity index (χ1n) is 15.8. The van der Waals surface area contributed by atoms with Gasteiger partial charge in [0.15, 0.2) is 0 Å². The van der Waals surface area contributed by atoms with Gasteiger partial charge in [-0.2, -0.15) is 4.39 Å². The number of carbonyl (C=O) groups is 4. The molecular formula is C32H46FN5O5. The van der Waals surface area contributed by atoms with Crippen LogP contribution in [0.15, 0.2) is 24.3 Å². The van der Waals surface area contributed by atoms with Crippen molar-refractivity contribution in [1.29, 1.82) is 0 Å². The molecular weight excluding hydrogens is 553 g/mol. The van der Waals surface area contributed by atoms with E-state index in [0.717, 1.165) is 25.8 Å². The summed E-state index contributed by atoms with van der Waals surface area (Å²) >= 11 is 0. The molecule has 4 atom stereocenters. The summed E-state index contributed by atoms with van der Waals surface area (Å²) in [5.41, 5.74) is -0.390. The van der Waals surface area contributed by atoms with Gasteiger partial charge in [-0.1, -0.05) is 26.0 Å². The molecule has 0 aromatic heterocycles. The molecule has 0 unspecified atom stereocenters. The molecule has 5 rings (SSSR count). The Bertz CT molecular complexity index is 1220. The lowest BCUT2D eigenvalue weighted by molar-refractivity contribution is -0.146. The molecule has 10 nitrogen and oxygen atoms in total. The second-order valence-corrected chi connectivity index (χ2v) is 13.5. The van der Waals surface area contributed by atoms with Crippen LogP contribution in [0.25, 0.3) is 0 Å². The molecule has 0 bridgehead atoms. The summed E-state index contributed by atoms with van der Waals surface area (Å²) in [4.78, 5) is 59.4. The number of likely N-dealkylation sites (tertiary alicyclic amines) is 1. The molecule has 2 aliphatic carbocycles. The molecule has 2 heterocycles. The molecule has 2 N–H and O–H groups in total. The van der Waals surface area contributed by atoms with Crippen LogP contribution >= 0.6 is 0 Å². The molecule has 4 aliphatic rings. The molecule has 2 saturated carbocycles. The summed E-state index contributed by atoms with van der Waals surface area (Å²) in [5, 5.41) is 5.47. The van der Waals surface area contributed by atoms with Gasteiger partial charge in [-0.3, -0.25) is 24.1 Å². The minimum Gasteiger partial charge on any atom is -0.451 e. The van der Waals surface area contributed by atoms with E-state index in [-0.39, 0.29) is 29.0 Å². The van der Waals surface area contributed by atoms with Crippen LogP contribution in [0.5, 0.6) is 5.75 Å². The Balaban J connectivity index is 1.26. The van der Waals surface area contributed by atoms with Gasteiger partial charge in [0.25, 0.3) is 11.8 Å². The molecule has 2 aliphatic heterocycles. The van der Waals surface area contributed by atoms with Crippen LogP contribution in [0.1, 0.15) is 76.1 Å². The van der Waals surface area contributed by atoms with Crippen LogP contribution in [0.2, 0.25) is 0 Å². The average molecular weight is 600 g/mol. The van der Waals surface area contributed by atoms with Crippen molar-refractivity contribution < 1.29 is 28.3 Å². The van der Waals surface area contributed by atoms with Gasteiger partial charge in [-0.25, -0.2) is 0 Å². The molecule has 2 saturated heterocycles. The highest BCUT2D eigenvalue weighted by Gasteiger charge is 2.44. The van der Waals surface area contributed by atoms with Crippen LogP contribution in [-0.2, 0) is 14.4 Å². The highest BCUT2D eigenvalue weighted by molar-refractivity contribution is 6.00. The number of nitrogens with zero attached hydrogens (tertiary/aromatic N) is 3. The van der Waals surface area contributed by atoms with Gasteiger partial charge in [0, 0.05) is 37.8 Å². The van der Waals surface area contributed by atoms with Crippen LogP contribution in [0.3, 0.4) is 0 Å². The molecule has 0 radical (unpaired) electrons. The summed E-state index contributed by atoms with van der Waals surface area (Å²) in [6.07, 6.45) is 3.36. The monoisotopic (exact) mass is 599 g/mol. The number of halogens is 1. The summed E-state index contributed by atoms with van der Waals surface area (Å²) in [6.45, 7) is 8.37. The van der Waals surface area contributed by atoms with E-state index in [1.54, 1.807) is 17.0 Å². The lowest BCUT2D eigenvalue weighted by Crippen LogP contribution is -2.59. The van der Waals surface area contributed by atoms with Crippen LogP contribution in [0, 0.1) is 11.8 Å². The number of para-hydroxylation sites is 1. The largest absolute Gasteiger partial charge is 0.451 e. The Kier molecular flexibility index (Phi) is 9.29. The maximum Gasteiger partial charge on any atom is 0.316 e. The molecule has 43 heavy (non-hydrogen) atoms. The van der Waals surface area contributed by atoms with Crippen molar-refractivity contribution in [3.63, 3.8) is 0 Å². The van der Waals surface area contributed by atoms with E-state index in [1.807, 2.05) is 25.7 Å². The fraction of sp³-hybridized carbons (Fsp3) is 0.688. The van der Waals surface area contributed by atoms with Crippen molar-refractivity contribution in [2.24, 2.45) is 11.8 Å². The zero-order chi connectivity index (χ0) is 30.9. The number of hydrogen-bond acceptors (Lipinski definition) is 6. The van der Waals surface area contributed by atoms with Crippen LogP contribution in [0.4, 0.5) is 4.39 Å². The maximum absolute atomic E-state index is 14.8. The predicted octanol–water partition coefficient (Wildman–Crippen LogP) is 2.72. The Morgan fingerprint density at radius 3 is 2.47 bits per heavy atom. The number of rotatable bonds is 11. The summed E-state index contributed by atoms with van der Waals surface area (Å²) < 4.78 is 20.0. The smallest absolute Gasteiger partial charge is 0.316 e. The lowest BCUT2D eigenvalue weighted by atomic mass is 10.0. The standard InChI is InChI=1S/C32H46FN5O5/c1-20(2)18-23(34-28(39)22-8-5-6-10-26(22)43-27(33)29(40)35-32(3)13-14-32)30(41)38-15-7-9-24(38)31(42)37-17-16-36(4)25(19-37)21-11-12-21/h5-6,8,10,20-21,23-25,27H,7,9,11-19H2,1-4H3,(H,34,39)(H,35,40)/t23-,24-,25-,27+/m1/s1. The van der Waals surface area contributed by atoms with Crippen molar-refractivity contribution in [2.45, 2.75) is 95.7 Å². The van der Waals surface area contributed by atoms with Crippen LogP contribution < -0.4 is 15.4 Å². The number of nitrogens with one attached hydrogen (secondary N) is 2. The number of carbonyl (C=O) groups excluding carboxylic acids is 4. The fourth-order valence-corrected chi connectivity index (χ4v) is 6.31. The normalized spacial score (nSPS) is 24.8. The highest BCUT2D eigenvalue weighted by atomic mass is 19.1. The van der Waals surface area contributed by atoms with Gasteiger partial charge in [-0.15, -0.1) is 0 Å². The van der Waals surface area contributed by atoms with E-state index in [0.29, 0.717) is 44.4 Å². The third-order valence-corrected chi connectivity index (χ3v) is 9.30. The van der Waals surface area contributed by atoms with E-state index < -0.39 is 35.8 Å². The van der Waals surface area contributed by atoms with Gasteiger partial charge >= 0.3 is 6.36 Å². The lowest BCUT2D eigenvalue weighted by Gasteiger charge is -2.41. The van der Waals surface area contributed by atoms with E-state index in [1.165, 1.54) is 25.0 Å². The van der Waals surface area contributed by atoms with Gasteiger partial charge < -0.3 is 25.2 Å². The second kappa shape index (κ2) is 12.8. The predicted molar refractivity (Wildman–Crippen MR) is 159 cm³/mol. The quantitative estimate of drug-likeness (QED) is 0.405. The van der Waals surface area contributed by atoms with E-state index >= 15 is 0 Å². The minimum absolute atomic E-state index is 0.00899. The third kappa shape index (κ3) is 7.48. The molecule has 4 fully saturated rings. The van der Waals surface area contributed by atoms with Crippen molar-refractivity contribution in [3.8, 4) is 5.75 Å². The summed E-state index contributed by atoms with van der Waals surface area (Å²) in [6, 6.07) is 5.04. The third-order valence-electron chi connectivity index (χ3n) is 9.30. The molecule has 1 aromatic rings. The number of likely N-dealkylation sites (N-methyl/N-ethyl adjacent to an activating group) is 1. The summed E-state index contributed by atoms with van der Waals surface area (Å²) in [7, 11) is 2.12. The Hall–Kier alpha value is -3.21. The Labute approximate surface area is 253 Å².